The van der Waals surface area contributed by atoms with Crippen molar-refractivity contribution in [1.29, 1.82) is 0 Å². The van der Waals surface area contributed by atoms with E-state index in [0.717, 1.165) is 18.5 Å². The van der Waals surface area contributed by atoms with Crippen LogP contribution in [0.2, 0.25) is 0 Å². The van der Waals surface area contributed by atoms with Gasteiger partial charge in [-0.15, -0.1) is 0 Å². The summed E-state index contributed by atoms with van der Waals surface area (Å²) in [5.74, 6) is 0.810. The molecule has 4 nitrogen and oxygen atoms in total. The van der Waals surface area contributed by atoms with Crippen LogP contribution in [0.3, 0.4) is 0 Å². The number of hydrogen-bond acceptors (Lipinski definition) is 4. The Morgan fingerprint density at radius 1 is 1.44 bits per heavy atom. The van der Waals surface area contributed by atoms with E-state index in [1.807, 2.05) is 12.1 Å². The molecule has 0 fully saturated rings. The van der Waals surface area contributed by atoms with E-state index in [-0.39, 0.29) is 6.10 Å². The average Bonchev–Trinajstić information content (AvgIpc) is 2.29. The first-order chi connectivity index (χ1) is 7.69. The molecule has 1 atom stereocenters. The lowest BCUT2D eigenvalue weighted by molar-refractivity contribution is 0.114. The smallest absolute Gasteiger partial charge is 0.146 e. The van der Waals surface area contributed by atoms with Gasteiger partial charge in [0.1, 0.15) is 5.82 Å². The number of nitrogens with two attached hydrogens (primary N) is 1. The number of hydrogen-bond donors (Lipinski definition) is 3. The van der Waals surface area contributed by atoms with Gasteiger partial charge in [-0.05, 0) is 18.1 Å². The van der Waals surface area contributed by atoms with Crippen LogP contribution in [-0.4, -0.2) is 22.7 Å². The van der Waals surface area contributed by atoms with E-state index >= 15 is 0 Å². The molecule has 1 heterocycles. The maximum Gasteiger partial charge on any atom is 0.146 e. The summed E-state index contributed by atoms with van der Waals surface area (Å²) in [4.78, 5) is 3.98. The molecule has 0 spiro atoms. The van der Waals surface area contributed by atoms with Gasteiger partial charge in [0.25, 0.3) is 0 Å². The monoisotopic (exact) mass is 223 g/mol. The number of nitrogens with zero attached hydrogens (tertiary/aromatic N) is 1. The summed E-state index contributed by atoms with van der Waals surface area (Å²) in [6.07, 6.45) is 3.29. The van der Waals surface area contributed by atoms with E-state index in [0.29, 0.717) is 18.3 Å². The van der Waals surface area contributed by atoms with E-state index in [2.05, 4.69) is 24.1 Å². The SMILES string of the molecule is CCC(CC)C(O)CNc1cccnc1N. The van der Waals surface area contributed by atoms with Gasteiger partial charge in [0.2, 0.25) is 0 Å². The molecule has 0 aliphatic carbocycles. The van der Waals surface area contributed by atoms with Gasteiger partial charge in [0.05, 0.1) is 11.8 Å². The molecule has 1 unspecified atom stereocenters. The highest BCUT2D eigenvalue weighted by molar-refractivity contribution is 5.60. The first-order valence-corrected chi connectivity index (χ1v) is 5.81. The molecule has 16 heavy (non-hydrogen) atoms. The lowest BCUT2D eigenvalue weighted by Gasteiger charge is -2.21. The van der Waals surface area contributed by atoms with Gasteiger partial charge >= 0.3 is 0 Å². The zero-order chi connectivity index (χ0) is 12.0. The minimum atomic E-state index is -0.338. The fraction of sp³-hybridized carbons (Fsp3) is 0.583. The normalized spacial score (nSPS) is 12.8. The Kier molecular flexibility index (Phi) is 5.05. The second-order valence-corrected chi connectivity index (χ2v) is 3.96. The number of anilines is 2. The van der Waals surface area contributed by atoms with Gasteiger partial charge in [0.15, 0.2) is 0 Å². The maximum atomic E-state index is 9.94. The van der Waals surface area contributed by atoms with Crippen molar-refractivity contribution in [3.63, 3.8) is 0 Å². The third-order valence-corrected chi connectivity index (χ3v) is 2.93. The van der Waals surface area contributed by atoms with Gasteiger partial charge in [-0.25, -0.2) is 4.98 Å². The van der Waals surface area contributed by atoms with Crippen LogP contribution in [0.25, 0.3) is 0 Å². The standard InChI is InChI=1S/C12H21N3O/c1-3-9(4-2)11(16)8-15-10-6-5-7-14-12(10)13/h5-7,9,11,15-16H,3-4,8H2,1-2H3,(H2,13,14). The minimum Gasteiger partial charge on any atom is -0.391 e. The molecule has 4 heteroatoms. The summed E-state index contributed by atoms with van der Waals surface area (Å²) in [6.45, 7) is 4.70. The van der Waals surface area contributed by atoms with Gasteiger partial charge < -0.3 is 16.2 Å². The molecule has 0 aromatic carbocycles. The third-order valence-electron chi connectivity index (χ3n) is 2.93. The Morgan fingerprint density at radius 2 is 2.12 bits per heavy atom. The van der Waals surface area contributed by atoms with Crippen molar-refractivity contribution in [3.05, 3.63) is 18.3 Å². The number of nitrogen functional groups attached to an aromatic ring is 1. The number of pyridine rings is 1. The molecule has 0 amide bonds. The summed E-state index contributed by atoms with van der Waals surface area (Å²) in [5.41, 5.74) is 6.48. The topological polar surface area (TPSA) is 71.2 Å². The third kappa shape index (κ3) is 3.38. The van der Waals surface area contributed by atoms with Crippen LogP contribution in [0, 0.1) is 5.92 Å². The molecule has 0 saturated heterocycles. The van der Waals surface area contributed by atoms with Crippen molar-refractivity contribution in [2.24, 2.45) is 5.92 Å². The number of aliphatic hydroxyl groups is 1. The summed E-state index contributed by atoms with van der Waals surface area (Å²) in [5, 5.41) is 13.1. The van der Waals surface area contributed by atoms with Crippen molar-refractivity contribution in [1.82, 2.24) is 4.98 Å². The Labute approximate surface area is 96.9 Å². The van der Waals surface area contributed by atoms with Crippen molar-refractivity contribution in [2.75, 3.05) is 17.6 Å². The Morgan fingerprint density at radius 3 is 2.69 bits per heavy atom. The summed E-state index contributed by atoms with van der Waals surface area (Å²) < 4.78 is 0. The molecule has 1 rings (SSSR count). The molecular weight excluding hydrogens is 202 g/mol. The molecule has 4 N–H and O–H groups in total. The molecule has 1 aromatic heterocycles. The predicted molar refractivity (Wildman–Crippen MR) is 67.2 cm³/mol. The maximum absolute atomic E-state index is 9.94. The summed E-state index contributed by atoms with van der Waals surface area (Å²) >= 11 is 0. The zero-order valence-electron chi connectivity index (χ0n) is 9.98. The lowest BCUT2D eigenvalue weighted by Crippen LogP contribution is -2.27. The highest BCUT2D eigenvalue weighted by atomic mass is 16.3. The van der Waals surface area contributed by atoms with E-state index in [9.17, 15) is 5.11 Å². The van der Waals surface area contributed by atoms with Crippen LogP contribution in [0.5, 0.6) is 0 Å². The minimum absolute atomic E-state index is 0.338. The summed E-state index contributed by atoms with van der Waals surface area (Å²) in [6, 6.07) is 3.68. The van der Waals surface area contributed by atoms with Gasteiger partial charge in [0, 0.05) is 12.7 Å². The van der Waals surface area contributed by atoms with Crippen molar-refractivity contribution < 1.29 is 5.11 Å². The number of nitrogens with one attached hydrogen (secondary N) is 1. The molecule has 0 saturated carbocycles. The predicted octanol–water partition coefficient (Wildman–Crippen LogP) is 1.87. The summed E-state index contributed by atoms with van der Waals surface area (Å²) in [7, 11) is 0. The Bertz CT molecular complexity index is 313. The molecular formula is C12H21N3O. The Balaban J connectivity index is 2.48. The lowest BCUT2D eigenvalue weighted by atomic mass is 9.96. The van der Waals surface area contributed by atoms with Crippen LogP contribution in [0.1, 0.15) is 26.7 Å². The van der Waals surface area contributed by atoms with E-state index < -0.39 is 0 Å². The van der Waals surface area contributed by atoms with Gasteiger partial charge in [-0.1, -0.05) is 26.7 Å². The molecule has 0 aliphatic heterocycles. The largest absolute Gasteiger partial charge is 0.391 e. The van der Waals surface area contributed by atoms with Gasteiger partial charge in [-0.2, -0.15) is 0 Å². The molecule has 0 aliphatic rings. The van der Waals surface area contributed by atoms with Crippen LogP contribution in [-0.2, 0) is 0 Å². The fourth-order valence-electron chi connectivity index (χ4n) is 1.78. The number of rotatable bonds is 6. The molecule has 0 radical (unpaired) electrons. The number of aliphatic hydroxyl groups excluding tert-OH is 1. The number of aromatic nitrogens is 1. The highest BCUT2D eigenvalue weighted by Crippen LogP contribution is 2.17. The second kappa shape index (κ2) is 6.33. The van der Waals surface area contributed by atoms with E-state index in [1.54, 1.807) is 6.20 Å². The zero-order valence-corrected chi connectivity index (χ0v) is 9.98. The quantitative estimate of drug-likeness (QED) is 0.688. The molecule has 1 aromatic rings. The van der Waals surface area contributed by atoms with Crippen molar-refractivity contribution in [3.8, 4) is 0 Å². The average molecular weight is 223 g/mol. The first kappa shape index (κ1) is 12.8. The van der Waals surface area contributed by atoms with Crippen molar-refractivity contribution >= 4 is 11.5 Å². The second-order valence-electron chi connectivity index (χ2n) is 3.96. The van der Waals surface area contributed by atoms with Crippen molar-refractivity contribution in [2.45, 2.75) is 32.8 Å². The Hall–Kier alpha value is -1.29. The first-order valence-electron chi connectivity index (χ1n) is 5.81. The van der Waals surface area contributed by atoms with Crippen LogP contribution in [0.15, 0.2) is 18.3 Å². The van der Waals surface area contributed by atoms with Crippen LogP contribution >= 0.6 is 0 Å². The van der Waals surface area contributed by atoms with E-state index in [4.69, 9.17) is 5.73 Å². The molecule has 0 bridgehead atoms. The fourth-order valence-corrected chi connectivity index (χ4v) is 1.78. The van der Waals surface area contributed by atoms with Crippen LogP contribution < -0.4 is 11.1 Å². The van der Waals surface area contributed by atoms with Gasteiger partial charge in [-0.3, -0.25) is 0 Å². The van der Waals surface area contributed by atoms with Crippen LogP contribution in [0.4, 0.5) is 11.5 Å². The highest BCUT2D eigenvalue weighted by Gasteiger charge is 2.15. The van der Waals surface area contributed by atoms with E-state index in [1.165, 1.54) is 0 Å². The molecule has 90 valence electrons.